The number of benzene rings is 1. The molecule has 0 bridgehead atoms. The molecule has 0 aliphatic carbocycles. The number of rotatable bonds is 9. The standard InChI is InChI=1S/C19H19N3O4S/c1-24-15-5-2-3-6-16(15)26-13-18(23)20-10-11-25-19-9-8-14(21-22-19)17-7-4-12-27-17/h2-9,12H,10-11,13H2,1H3,(H,20,23). The van der Waals surface area contributed by atoms with Gasteiger partial charge in [-0.1, -0.05) is 18.2 Å². The Morgan fingerprint density at radius 2 is 1.89 bits per heavy atom. The van der Waals surface area contributed by atoms with Gasteiger partial charge in [0.1, 0.15) is 12.3 Å². The highest BCUT2D eigenvalue weighted by Gasteiger charge is 2.07. The number of nitrogens with one attached hydrogen (secondary N) is 1. The first kappa shape index (κ1) is 18.7. The Morgan fingerprint density at radius 1 is 1.04 bits per heavy atom. The Balaban J connectivity index is 1.36. The molecule has 0 radical (unpaired) electrons. The van der Waals surface area contributed by atoms with Crippen molar-refractivity contribution in [2.24, 2.45) is 0 Å². The van der Waals surface area contributed by atoms with Crippen molar-refractivity contribution in [3.8, 4) is 28.0 Å². The number of para-hydroxylation sites is 2. The average molecular weight is 385 g/mol. The van der Waals surface area contributed by atoms with Crippen molar-refractivity contribution in [1.82, 2.24) is 15.5 Å². The summed E-state index contributed by atoms with van der Waals surface area (Å²) in [5.74, 6) is 1.27. The second-order valence-electron chi connectivity index (χ2n) is 5.37. The third-order valence-electron chi connectivity index (χ3n) is 3.52. The number of methoxy groups -OCH3 is 1. The van der Waals surface area contributed by atoms with Crippen LogP contribution in [0.4, 0.5) is 0 Å². The van der Waals surface area contributed by atoms with Gasteiger partial charge in [-0.05, 0) is 29.6 Å². The van der Waals surface area contributed by atoms with E-state index in [0.29, 0.717) is 23.9 Å². The van der Waals surface area contributed by atoms with Crippen LogP contribution in [0.5, 0.6) is 17.4 Å². The van der Waals surface area contributed by atoms with Crippen molar-refractivity contribution in [1.29, 1.82) is 0 Å². The van der Waals surface area contributed by atoms with Crippen molar-refractivity contribution in [2.75, 3.05) is 26.9 Å². The number of hydrogen-bond donors (Lipinski definition) is 1. The summed E-state index contributed by atoms with van der Waals surface area (Å²) in [6, 6.07) is 14.7. The lowest BCUT2D eigenvalue weighted by atomic mass is 10.3. The first-order valence-corrected chi connectivity index (χ1v) is 9.17. The Hall–Kier alpha value is -3.13. The molecule has 8 heteroatoms. The third kappa shape index (κ3) is 5.42. The van der Waals surface area contributed by atoms with Crippen LogP contribution in [0.3, 0.4) is 0 Å². The van der Waals surface area contributed by atoms with Gasteiger partial charge in [0.15, 0.2) is 18.1 Å². The van der Waals surface area contributed by atoms with Crippen LogP contribution < -0.4 is 19.5 Å². The summed E-state index contributed by atoms with van der Waals surface area (Å²) in [5, 5.41) is 12.9. The Kier molecular flexibility index (Phi) is 6.59. The molecule has 0 spiro atoms. The Labute approximate surface area is 160 Å². The monoisotopic (exact) mass is 385 g/mol. The van der Waals surface area contributed by atoms with Gasteiger partial charge >= 0.3 is 0 Å². The second-order valence-corrected chi connectivity index (χ2v) is 6.32. The minimum absolute atomic E-state index is 0.101. The molecule has 1 N–H and O–H groups in total. The van der Waals surface area contributed by atoms with Crippen molar-refractivity contribution >= 4 is 17.2 Å². The molecule has 0 atom stereocenters. The van der Waals surface area contributed by atoms with E-state index in [9.17, 15) is 4.79 Å². The lowest BCUT2D eigenvalue weighted by Gasteiger charge is -2.10. The molecule has 0 saturated heterocycles. The predicted octanol–water partition coefficient (Wildman–Crippen LogP) is 2.79. The molecule has 0 fully saturated rings. The van der Waals surface area contributed by atoms with Crippen LogP contribution in [0, 0.1) is 0 Å². The van der Waals surface area contributed by atoms with Gasteiger partial charge in [-0.25, -0.2) is 0 Å². The molecule has 2 heterocycles. The molecule has 3 aromatic rings. The van der Waals surface area contributed by atoms with Crippen molar-refractivity contribution in [3.05, 3.63) is 53.9 Å². The summed E-state index contributed by atoms with van der Waals surface area (Å²) in [5.41, 5.74) is 0.805. The van der Waals surface area contributed by atoms with Gasteiger partial charge in [0, 0.05) is 6.07 Å². The zero-order chi connectivity index (χ0) is 18.9. The maximum absolute atomic E-state index is 11.8. The molecule has 0 aliphatic rings. The second kappa shape index (κ2) is 9.54. The van der Waals surface area contributed by atoms with E-state index in [0.717, 1.165) is 10.6 Å². The normalized spacial score (nSPS) is 10.3. The maximum atomic E-state index is 11.8. The molecule has 2 aromatic heterocycles. The summed E-state index contributed by atoms with van der Waals surface area (Å²) in [4.78, 5) is 12.9. The molecule has 7 nitrogen and oxygen atoms in total. The molecular weight excluding hydrogens is 366 g/mol. The highest BCUT2D eigenvalue weighted by atomic mass is 32.1. The van der Waals surface area contributed by atoms with Crippen molar-refractivity contribution in [3.63, 3.8) is 0 Å². The molecule has 3 rings (SSSR count). The number of nitrogens with zero attached hydrogens (tertiary/aromatic N) is 2. The molecule has 27 heavy (non-hydrogen) atoms. The fourth-order valence-corrected chi connectivity index (χ4v) is 2.92. The molecule has 1 amide bonds. The average Bonchev–Trinajstić information content (AvgIpc) is 3.25. The van der Waals surface area contributed by atoms with Crippen LogP contribution in [0.2, 0.25) is 0 Å². The van der Waals surface area contributed by atoms with E-state index in [1.807, 2.05) is 35.7 Å². The summed E-state index contributed by atoms with van der Waals surface area (Å²) in [6.45, 7) is 0.519. The number of thiophene rings is 1. The van der Waals surface area contributed by atoms with E-state index in [-0.39, 0.29) is 19.1 Å². The van der Waals surface area contributed by atoms with E-state index >= 15 is 0 Å². The maximum Gasteiger partial charge on any atom is 0.258 e. The number of ether oxygens (including phenoxy) is 3. The largest absolute Gasteiger partial charge is 0.493 e. The zero-order valence-corrected chi connectivity index (χ0v) is 15.6. The fourth-order valence-electron chi connectivity index (χ4n) is 2.23. The highest BCUT2D eigenvalue weighted by Crippen LogP contribution is 2.25. The lowest BCUT2D eigenvalue weighted by Crippen LogP contribution is -2.32. The number of hydrogen-bond acceptors (Lipinski definition) is 7. The smallest absolute Gasteiger partial charge is 0.258 e. The van der Waals surface area contributed by atoms with E-state index in [4.69, 9.17) is 14.2 Å². The SMILES string of the molecule is COc1ccccc1OCC(=O)NCCOc1ccc(-c2cccs2)nn1. The first-order valence-electron chi connectivity index (χ1n) is 8.29. The quantitative estimate of drug-likeness (QED) is 0.571. The molecular formula is C19H19N3O4S. The van der Waals surface area contributed by atoms with Crippen LogP contribution >= 0.6 is 11.3 Å². The molecule has 0 saturated carbocycles. The van der Waals surface area contributed by atoms with E-state index in [1.54, 1.807) is 36.6 Å². The van der Waals surface area contributed by atoms with Crippen LogP contribution in [-0.4, -0.2) is 43.0 Å². The van der Waals surface area contributed by atoms with E-state index in [1.165, 1.54) is 0 Å². The van der Waals surface area contributed by atoms with E-state index < -0.39 is 0 Å². The topological polar surface area (TPSA) is 82.6 Å². The molecule has 0 aliphatic heterocycles. The molecule has 0 unspecified atom stereocenters. The Morgan fingerprint density at radius 3 is 2.59 bits per heavy atom. The number of carbonyl (C=O) groups excluding carboxylic acids is 1. The summed E-state index contributed by atoms with van der Waals surface area (Å²) < 4.78 is 16.1. The lowest BCUT2D eigenvalue weighted by molar-refractivity contribution is -0.123. The van der Waals surface area contributed by atoms with Crippen molar-refractivity contribution < 1.29 is 19.0 Å². The summed E-state index contributed by atoms with van der Waals surface area (Å²) >= 11 is 1.60. The third-order valence-corrected chi connectivity index (χ3v) is 4.41. The minimum Gasteiger partial charge on any atom is -0.493 e. The van der Waals surface area contributed by atoms with Crippen LogP contribution in [-0.2, 0) is 4.79 Å². The van der Waals surface area contributed by atoms with Crippen molar-refractivity contribution in [2.45, 2.75) is 0 Å². The molecule has 140 valence electrons. The fraction of sp³-hybridized carbons (Fsp3) is 0.211. The van der Waals surface area contributed by atoms with Crippen LogP contribution in [0.25, 0.3) is 10.6 Å². The summed E-state index contributed by atoms with van der Waals surface area (Å²) in [6.07, 6.45) is 0. The van der Waals surface area contributed by atoms with Gasteiger partial charge in [-0.15, -0.1) is 21.5 Å². The van der Waals surface area contributed by atoms with Gasteiger partial charge in [0.05, 0.1) is 18.5 Å². The Bertz CT molecular complexity index is 854. The molecule has 1 aromatic carbocycles. The van der Waals surface area contributed by atoms with Gasteiger partial charge in [-0.3, -0.25) is 4.79 Å². The van der Waals surface area contributed by atoms with Gasteiger partial charge < -0.3 is 19.5 Å². The first-order chi connectivity index (χ1) is 13.3. The predicted molar refractivity (Wildman–Crippen MR) is 102 cm³/mol. The number of amides is 1. The number of carbonyl (C=O) groups is 1. The van der Waals surface area contributed by atoms with E-state index in [2.05, 4.69) is 15.5 Å². The van der Waals surface area contributed by atoms with Gasteiger partial charge in [-0.2, -0.15) is 0 Å². The zero-order valence-electron chi connectivity index (χ0n) is 14.8. The van der Waals surface area contributed by atoms with Gasteiger partial charge in [0.2, 0.25) is 5.88 Å². The van der Waals surface area contributed by atoms with Crippen LogP contribution in [0.1, 0.15) is 0 Å². The summed E-state index contributed by atoms with van der Waals surface area (Å²) in [7, 11) is 1.55. The highest BCUT2D eigenvalue weighted by molar-refractivity contribution is 7.13. The number of aromatic nitrogens is 2. The van der Waals surface area contributed by atoms with Gasteiger partial charge in [0.25, 0.3) is 5.91 Å². The minimum atomic E-state index is -0.247. The van der Waals surface area contributed by atoms with Crippen LogP contribution in [0.15, 0.2) is 53.9 Å².